The fraction of sp³-hybridized carbons (Fsp3) is 0.455. The van der Waals surface area contributed by atoms with Crippen molar-refractivity contribution in [2.24, 2.45) is 0 Å². The van der Waals surface area contributed by atoms with Gasteiger partial charge in [0.05, 0.1) is 13.2 Å². The summed E-state index contributed by atoms with van der Waals surface area (Å²) in [4.78, 5) is 0. The van der Waals surface area contributed by atoms with E-state index in [9.17, 15) is 10.2 Å². The number of aromatic hydroxyl groups is 2. The molecule has 8 bridgehead atoms. The van der Waals surface area contributed by atoms with Crippen molar-refractivity contribution in [3.8, 4) is 23.0 Å². The van der Waals surface area contributed by atoms with Gasteiger partial charge < -0.3 is 19.7 Å². The lowest BCUT2D eigenvalue weighted by molar-refractivity contribution is 0.303. The largest absolute Gasteiger partial charge is 0.507 e. The molecule has 0 aromatic heterocycles. The van der Waals surface area contributed by atoms with E-state index < -0.39 is 0 Å². The highest BCUT2D eigenvalue weighted by Crippen LogP contribution is 2.41. The van der Waals surface area contributed by atoms with Gasteiger partial charge in [-0.2, -0.15) is 0 Å². The number of benzene rings is 4. The molecule has 48 heavy (non-hydrogen) atoms. The Kier molecular flexibility index (Phi) is 10.8. The van der Waals surface area contributed by atoms with E-state index in [0.717, 1.165) is 81.7 Å². The van der Waals surface area contributed by atoms with E-state index >= 15 is 0 Å². The van der Waals surface area contributed by atoms with Crippen LogP contribution in [-0.2, 0) is 36.5 Å². The first-order valence-corrected chi connectivity index (χ1v) is 18.0. The molecule has 0 radical (unpaired) electrons. The predicted molar refractivity (Wildman–Crippen MR) is 199 cm³/mol. The van der Waals surface area contributed by atoms with Gasteiger partial charge in [-0.05, 0) is 79.3 Å². The maximum Gasteiger partial charge on any atom is 0.126 e. The normalized spacial score (nSPS) is 13.3. The van der Waals surface area contributed by atoms with Crippen LogP contribution in [0.15, 0.2) is 60.7 Å². The molecule has 1 aliphatic rings. The minimum atomic E-state index is -0.0955. The zero-order valence-electron chi connectivity index (χ0n) is 30.6. The van der Waals surface area contributed by atoms with E-state index in [1.165, 1.54) is 11.1 Å². The Bertz CT molecular complexity index is 1510. The molecule has 5 rings (SSSR count). The first kappa shape index (κ1) is 35.4. The van der Waals surface area contributed by atoms with Gasteiger partial charge in [0.25, 0.3) is 0 Å². The molecule has 256 valence electrons. The van der Waals surface area contributed by atoms with Crippen molar-refractivity contribution in [1.29, 1.82) is 0 Å². The van der Waals surface area contributed by atoms with Crippen LogP contribution in [0.1, 0.15) is 137 Å². The highest BCUT2D eigenvalue weighted by atomic mass is 16.5. The molecule has 0 spiro atoms. The van der Waals surface area contributed by atoms with Crippen molar-refractivity contribution < 1.29 is 19.7 Å². The van der Waals surface area contributed by atoms with Crippen LogP contribution in [0.25, 0.3) is 0 Å². The Morgan fingerprint density at radius 1 is 0.500 bits per heavy atom. The molecule has 0 fully saturated rings. The number of ether oxygens (including phenoxy) is 2. The molecule has 4 heteroatoms. The molecule has 0 saturated heterocycles. The fourth-order valence-electron chi connectivity index (χ4n) is 6.59. The van der Waals surface area contributed by atoms with Crippen molar-refractivity contribution in [1.82, 2.24) is 0 Å². The van der Waals surface area contributed by atoms with Crippen LogP contribution in [-0.4, -0.2) is 23.4 Å². The molecule has 0 aliphatic heterocycles. The fourth-order valence-corrected chi connectivity index (χ4v) is 6.59. The SMILES string of the molecule is CCCCOc1c2cc(C(C)(C)C)cc1Cc1cccc(c1O)Cc1cc(C(C)(C)C)cc(c1OCCCC)Cc1cccc(c1O)C2. The molecule has 1 aliphatic carbocycles. The molecule has 0 heterocycles. The summed E-state index contributed by atoms with van der Waals surface area (Å²) in [6.07, 6.45) is 6.15. The number of fused-ring (bicyclic) bond motifs is 8. The molecule has 4 nitrogen and oxygen atoms in total. The lowest BCUT2D eigenvalue weighted by Gasteiger charge is -2.26. The molecule has 0 saturated carbocycles. The second-order valence-electron chi connectivity index (χ2n) is 15.7. The number of rotatable bonds is 8. The highest BCUT2D eigenvalue weighted by molar-refractivity contribution is 5.57. The van der Waals surface area contributed by atoms with Crippen LogP contribution in [0.4, 0.5) is 0 Å². The first-order chi connectivity index (χ1) is 22.8. The number of hydrogen-bond donors (Lipinski definition) is 2. The van der Waals surface area contributed by atoms with E-state index in [0.29, 0.717) is 50.4 Å². The van der Waals surface area contributed by atoms with Crippen molar-refractivity contribution in [2.75, 3.05) is 13.2 Å². The van der Waals surface area contributed by atoms with Crippen molar-refractivity contribution in [3.05, 3.63) is 116 Å². The summed E-state index contributed by atoms with van der Waals surface area (Å²) in [5.74, 6) is 2.39. The maximum absolute atomic E-state index is 11.9. The van der Waals surface area contributed by atoms with Gasteiger partial charge in [0.2, 0.25) is 0 Å². The summed E-state index contributed by atoms with van der Waals surface area (Å²) in [5.41, 5.74) is 9.98. The van der Waals surface area contributed by atoms with Crippen LogP contribution in [0.3, 0.4) is 0 Å². The lowest BCUT2D eigenvalue weighted by Crippen LogP contribution is -2.15. The third-order valence-electron chi connectivity index (χ3n) is 9.64. The van der Waals surface area contributed by atoms with E-state index in [1.54, 1.807) is 0 Å². The van der Waals surface area contributed by atoms with Crippen LogP contribution in [0.2, 0.25) is 0 Å². The summed E-state index contributed by atoms with van der Waals surface area (Å²) in [6, 6.07) is 21.3. The van der Waals surface area contributed by atoms with Crippen molar-refractivity contribution >= 4 is 0 Å². The average molecular weight is 649 g/mol. The molecule has 0 amide bonds. The minimum Gasteiger partial charge on any atom is -0.507 e. The number of para-hydroxylation sites is 2. The van der Waals surface area contributed by atoms with E-state index in [-0.39, 0.29) is 10.8 Å². The second-order valence-corrected chi connectivity index (χ2v) is 15.7. The molecule has 2 N–H and O–H groups in total. The molecule has 0 atom stereocenters. The zero-order chi connectivity index (χ0) is 34.6. The Morgan fingerprint density at radius 2 is 0.792 bits per heavy atom. The van der Waals surface area contributed by atoms with Gasteiger partial charge >= 0.3 is 0 Å². The Labute approximate surface area is 289 Å². The van der Waals surface area contributed by atoms with Crippen LogP contribution < -0.4 is 9.47 Å². The molecular weight excluding hydrogens is 592 g/mol. The van der Waals surface area contributed by atoms with Gasteiger partial charge in [-0.3, -0.25) is 0 Å². The average Bonchev–Trinajstić information content (AvgIpc) is 3.01. The topological polar surface area (TPSA) is 58.9 Å². The summed E-state index contributed by atoms with van der Waals surface area (Å²) in [6.45, 7) is 19.0. The Balaban J connectivity index is 1.79. The second kappa shape index (κ2) is 14.7. The van der Waals surface area contributed by atoms with Crippen molar-refractivity contribution in [3.63, 3.8) is 0 Å². The Morgan fingerprint density at radius 3 is 1.04 bits per heavy atom. The summed E-state index contributed by atoms with van der Waals surface area (Å²) >= 11 is 0. The molecule has 4 aromatic carbocycles. The maximum atomic E-state index is 11.9. The van der Waals surface area contributed by atoms with Gasteiger partial charge in [0.15, 0.2) is 0 Å². The molecule has 0 unspecified atom stereocenters. The van der Waals surface area contributed by atoms with E-state index in [1.807, 2.05) is 24.3 Å². The van der Waals surface area contributed by atoms with Gasteiger partial charge in [0.1, 0.15) is 23.0 Å². The first-order valence-electron chi connectivity index (χ1n) is 18.0. The third-order valence-corrected chi connectivity index (χ3v) is 9.64. The van der Waals surface area contributed by atoms with Crippen molar-refractivity contribution in [2.45, 2.75) is 118 Å². The van der Waals surface area contributed by atoms with Gasteiger partial charge in [-0.1, -0.05) is 129 Å². The zero-order valence-corrected chi connectivity index (χ0v) is 30.6. The standard InChI is InChI=1S/C44H56O4/c1-9-11-19-47-41-33-21-29-15-13-17-31(39(29)45)23-35-27-38(44(6,7)8)28-36(42(35)48-20-12-10-2)24-32-18-14-16-30(40(32)46)22-34(41)26-37(25-33)43(3,4)5/h13-18,25-28,45-46H,9-12,19-24H2,1-8H3. The minimum absolute atomic E-state index is 0.0955. The van der Waals surface area contributed by atoms with E-state index in [4.69, 9.17) is 9.47 Å². The number of unbranched alkanes of at least 4 members (excludes halogenated alkanes) is 2. The molecular formula is C44H56O4. The summed E-state index contributed by atoms with van der Waals surface area (Å²) in [7, 11) is 0. The highest BCUT2D eigenvalue weighted by Gasteiger charge is 2.25. The van der Waals surface area contributed by atoms with Crippen LogP contribution >= 0.6 is 0 Å². The number of phenols is 2. The van der Waals surface area contributed by atoms with Crippen LogP contribution in [0.5, 0.6) is 23.0 Å². The number of hydrogen-bond acceptors (Lipinski definition) is 4. The van der Waals surface area contributed by atoms with Gasteiger partial charge in [-0.25, -0.2) is 0 Å². The lowest BCUT2D eigenvalue weighted by atomic mass is 9.81. The predicted octanol–water partition coefficient (Wildman–Crippen LogP) is 10.7. The summed E-state index contributed by atoms with van der Waals surface area (Å²) in [5, 5.41) is 23.8. The third kappa shape index (κ3) is 8.02. The monoisotopic (exact) mass is 648 g/mol. The van der Waals surface area contributed by atoms with Gasteiger partial charge in [0, 0.05) is 25.7 Å². The summed E-state index contributed by atoms with van der Waals surface area (Å²) < 4.78 is 13.2. The molecule has 4 aromatic rings. The van der Waals surface area contributed by atoms with Gasteiger partial charge in [-0.15, -0.1) is 0 Å². The van der Waals surface area contributed by atoms with E-state index in [2.05, 4.69) is 91.8 Å². The quantitative estimate of drug-likeness (QED) is 0.164. The Hall–Kier alpha value is -3.92. The smallest absolute Gasteiger partial charge is 0.126 e. The van der Waals surface area contributed by atoms with Crippen LogP contribution in [0, 0.1) is 0 Å². The number of phenolic OH excluding ortho intramolecular Hbond substituents is 2.